The molecule has 0 aromatic heterocycles. The van der Waals surface area contributed by atoms with E-state index in [0.29, 0.717) is 10.8 Å². The minimum Gasteiger partial charge on any atom is -0.147 e. The minimum atomic E-state index is -1.16. The maximum atomic E-state index is 2.44. The number of hydrogen-bond acceptors (Lipinski definition) is 0. The fourth-order valence-electron chi connectivity index (χ4n) is 3.81. The van der Waals surface area contributed by atoms with Gasteiger partial charge in [0.25, 0.3) is 0 Å². The van der Waals surface area contributed by atoms with Gasteiger partial charge < -0.3 is 0 Å². The molecule has 2 aliphatic carbocycles. The number of allylic oxidation sites excluding steroid dienone is 8. The van der Waals surface area contributed by atoms with Crippen molar-refractivity contribution in [1.82, 2.24) is 0 Å². The van der Waals surface area contributed by atoms with Crippen molar-refractivity contribution < 1.29 is 27.7 Å². The Balaban J connectivity index is 0.00000242. The van der Waals surface area contributed by atoms with Gasteiger partial charge in [-0.3, -0.25) is 0 Å². The molecule has 0 amide bonds. The van der Waals surface area contributed by atoms with E-state index < -0.39 is 27.7 Å². The molecule has 0 atom stereocenters. The van der Waals surface area contributed by atoms with Gasteiger partial charge in [0, 0.05) is 0 Å². The van der Waals surface area contributed by atoms with E-state index in [0.717, 1.165) is 0 Å². The summed E-state index contributed by atoms with van der Waals surface area (Å²) in [5.74, 6) is 0. The van der Waals surface area contributed by atoms with Crippen LogP contribution < -0.4 is 0 Å². The molecule has 0 aliphatic heterocycles. The Labute approximate surface area is 170 Å². The summed E-state index contributed by atoms with van der Waals surface area (Å²) < 4.78 is 3.67. The van der Waals surface area contributed by atoms with Crippen LogP contribution in [0.15, 0.2) is 38.7 Å². The molecule has 0 radical (unpaired) electrons. The van der Waals surface area contributed by atoms with Crippen molar-refractivity contribution >= 4 is 24.8 Å². The third-order valence-electron chi connectivity index (χ3n) is 6.38. The fraction of sp³-hybridized carbons (Fsp3) is 0.600. The van der Waals surface area contributed by atoms with Crippen molar-refractivity contribution in [2.75, 3.05) is 0 Å². The van der Waals surface area contributed by atoms with Crippen LogP contribution in [-0.4, -0.2) is 0 Å². The molecule has 0 spiro atoms. The molecular formula is C20H32Cl2U. The molecule has 3 heteroatoms. The number of halogens is 2. The van der Waals surface area contributed by atoms with E-state index >= 15 is 0 Å². The van der Waals surface area contributed by atoms with Crippen LogP contribution in [-0.2, 0) is 0 Å². The van der Waals surface area contributed by atoms with Crippen LogP contribution >= 0.6 is 24.8 Å². The quantitative estimate of drug-likeness (QED) is 0.323. The van der Waals surface area contributed by atoms with Crippen molar-refractivity contribution in [2.24, 2.45) is 10.8 Å². The van der Waals surface area contributed by atoms with E-state index in [2.05, 4.69) is 69.2 Å². The minimum absolute atomic E-state index is 0. The Bertz CT molecular complexity index is 585. The molecule has 0 bridgehead atoms. The average Bonchev–Trinajstić information content (AvgIpc) is 2.63. The van der Waals surface area contributed by atoms with Gasteiger partial charge in [-0.25, -0.2) is 0 Å². The summed E-state index contributed by atoms with van der Waals surface area (Å²) in [5, 5.41) is 0. The predicted molar refractivity (Wildman–Crippen MR) is 104 cm³/mol. The van der Waals surface area contributed by atoms with Crippen molar-refractivity contribution in [2.45, 2.75) is 69.2 Å². The summed E-state index contributed by atoms with van der Waals surface area (Å²) >= 11 is -1.16. The zero-order chi connectivity index (χ0) is 16.3. The van der Waals surface area contributed by atoms with Crippen LogP contribution in [0.1, 0.15) is 69.2 Å². The third kappa shape index (κ3) is 3.46. The van der Waals surface area contributed by atoms with E-state index in [9.17, 15) is 0 Å². The first-order chi connectivity index (χ1) is 9.44. The zero-order valence-corrected chi connectivity index (χ0v) is 22.1. The summed E-state index contributed by atoms with van der Waals surface area (Å²) in [6.07, 6.45) is 0. The van der Waals surface area contributed by atoms with Crippen LogP contribution in [0.3, 0.4) is 0 Å². The molecule has 130 valence electrons. The van der Waals surface area contributed by atoms with Crippen molar-refractivity contribution in [3.8, 4) is 0 Å². The predicted octanol–water partition coefficient (Wildman–Crippen LogP) is 7.22. The molecule has 0 saturated heterocycles. The second-order valence-electron chi connectivity index (χ2n) is 7.88. The van der Waals surface area contributed by atoms with Gasteiger partial charge in [0.15, 0.2) is 0 Å². The summed E-state index contributed by atoms with van der Waals surface area (Å²) in [6.45, 7) is 23.8. The number of hydrogen-bond donors (Lipinski definition) is 0. The molecule has 0 unspecified atom stereocenters. The summed E-state index contributed by atoms with van der Waals surface area (Å²) in [4.78, 5) is 0. The Kier molecular flexibility index (Phi) is 7.65. The number of rotatable bonds is 2. The summed E-state index contributed by atoms with van der Waals surface area (Å²) in [5.41, 5.74) is 10.2. The smallest absolute Gasteiger partial charge is 0.147 e. The molecule has 0 aromatic rings. The zero-order valence-electron chi connectivity index (χ0n) is 16.3. The van der Waals surface area contributed by atoms with Gasteiger partial charge >= 0.3 is 146 Å². The van der Waals surface area contributed by atoms with Crippen molar-refractivity contribution in [3.05, 3.63) is 38.7 Å². The second kappa shape index (κ2) is 7.45. The molecule has 0 heterocycles. The first-order valence-corrected chi connectivity index (χ1v) is 12.2. The molecule has 2 rings (SSSR count). The average molecular weight is 581 g/mol. The summed E-state index contributed by atoms with van der Waals surface area (Å²) in [7, 11) is 0. The van der Waals surface area contributed by atoms with Gasteiger partial charge in [0.2, 0.25) is 0 Å². The second-order valence-corrected chi connectivity index (χ2v) is 13.1. The van der Waals surface area contributed by atoms with E-state index in [1.165, 1.54) is 0 Å². The maximum Gasteiger partial charge on any atom is -0.147 e. The fourth-order valence-corrected chi connectivity index (χ4v) is 12.1. The van der Waals surface area contributed by atoms with E-state index in [4.69, 9.17) is 0 Å². The topological polar surface area (TPSA) is 0 Å². The Hall–Kier alpha value is 0.592. The van der Waals surface area contributed by atoms with Crippen molar-refractivity contribution in [1.29, 1.82) is 0 Å². The first kappa shape index (κ1) is 23.6. The van der Waals surface area contributed by atoms with Gasteiger partial charge in [-0.15, -0.1) is 24.8 Å². The van der Waals surface area contributed by atoms with E-state index in [1.54, 1.807) is 33.4 Å². The molecule has 0 saturated carbocycles. The van der Waals surface area contributed by atoms with Gasteiger partial charge in [0.1, 0.15) is 0 Å². The first-order valence-electron chi connectivity index (χ1n) is 8.00. The van der Waals surface area contributed by atoms with Gasteiger partial charge in [-0.1, -0.05) is 0 Å². The Morgan fingerprint density at radius 2 is 0.783 bits per heavy atom. The van der Waals surface area contributed by atoms with Crippen LogP contribution in [0.2, 0.25) is 0 Å². The normalized spacial score (nSPS) is 22.3. The molecule has 23 heavy (non-hydrogen) atoms. The van der Waals surface area contributed by atoms with Crippen LogP contribution in [0.5, 0.6) is 0 Å². The van der Waals surface area contributed by atoms with Gasteiger partial charge in [-0.2, -0.15) is 0 Å². The molecule has 0 fully saturated rings. The Morgan fingerprint density at radius 3 is 0.957 bits per heavy atom. The molecule has 2 aliphatic rings. The van der Waals surface area contributed by atoms with Crippen LogP contribution in [0.4, 0.5) is 0 Å². The molecule has 0 nitrogen and oxygen atoms in total. The monoisotopic (exact) mass is 580 g/mol. The molecule has 0 aromatic carbocycles. The Morgan fingerprint density at radius 1 is 0.522 bits per heavy atom. The SMILES string of the molecule is CC1=C(C)C(C)(C)[C]([U][C]2=C(C)C(C)=C(C)C2(C)C)=C1C.Cl.Cl. The van der Waals surface area contributed by atoms with E-state index in [-0.39, 0.29) is 24.8 Å². The van der Waals surface area contributed by atoms with Crippen molar-refractivity contribution in [3.63, 3.8) is 0 Å². The largest absolute Gasteiger partial charge is 0.147 e. The maximum absolute atomic E-state index is 2.44. The van der Waals surface area contributed by atoms with E-state index in [1.807, 2.05) is 5.21 Å². The van der Waals surface area contributed by atoms with Crippen LogP contribution in [0.25, 0.3) is 0 Å². The van der Waals surface area contributed by atoms with Gasteiger partial charge in [-0.05, 0) is 0 Å². The van der Waals surface area contributed by atoms with Crippen LogP contribution in [0, 0.1) is 38.6 Å². The molecule has 0 N–H and O–H groups in total. The standard InChI is InChI=1S/2C10H15.2ClH.U/c2*1-7-6-10(4,5)9(3)8(7)2;;;/h2*1-5H3;2*1H;. The summed E-state index contributed by atoms with van der Waals surface area (Å²) in [6, 6.07) is 0. The third-order valence-corrected chi connectivity index (χ3v) is 16.8. The van der Waals surface area contributed by atoms with Gasteiger partial charge in [0.05, 0.1) is 0 Å². The molecular weight excluding hydrogens is 549 g/mol.